The van der Waals surface area contributed by atoms with Gasteiger partial charge in [-0.05, 0) is 30.7 Å². The van der Waals surface area contributed by atoms with E-state index in [9.17, 15) is 12.8 Å². The van der Waals surface area contributed by atoms with E-state index in [4.69, 9.17) is 5.11 Å². The van der Waals surface area contributed by atoms with Gasteiger partial charge in [-0.1, -0.05) is 0 Å². The van der Waals surface area contributed by atoms with Crippen molar-refractivity contribution < 1.29 is 17.9 Å². The van der Waals surface area contributed by atoms with Crippen molar-refractivity contribution in [3.63, 3.8) is 0 Å². The Bertz CT molecular complexity index is 525. The minimum absolute atomic E-state index is 0.0138. The number of hydrogen-bond acceptors (Lipinski definition) is 4. The van der Waals surface area contributed by atoms with Crippen molar-refractivity contribution in [1.82, 2.24) is 4.31 Å². The van der Waals surface area contributed by atoms with Gasteiger partial charge in [0.2, 0.25) is 10.0 Å². The van der Waals surface area contributed by atoms with Crippen molar-refractivity contribution >= 4 is 15.7 Å². The maximum Gasteiger partial charge on any atom is 0.214 e. The average molecular weight is 302 g/mol. The number of piperazine rings is 1. The molecule has 0 aliphatic carbocycles. The van der Waals surface area contributed by atoms with Gasteiger partial charge in [0.15, 0.2) is 0 Å². The second-order valence-corrected chi connectivity index (χ2v) is 6.84. The van der Waals surface area contributed by atoms with Crippen molar-refractivity contribution in [2.75, 3.05) is 43.4 Å². The van der Waals surface area contributed by atoms with E-state index in [1.165, 1.54) is 16.4 Å². The number of anilines is 1. The molecule has 7 heteroatoms. The molecule has 0 atom stereocenters. The molecular weight excluding hydrogens is 283 g/mol. The number of nitrogens with zero attached hydrogens (tertiary/aromatic N) is 2. The summed E-state index contributed by atoms with van der Waals surface area (Å²) in [5.41, 5.74) is 0.902. The average Bonchev–Trinajstić information content (AvgIpc) is 2.46. The largest absolute Gasteiger partial charge is 0.396 e. The molecule has 0 bridgehead atoms. The first-order valence-corrected chi connectivity index (χ1v) is 8.23. The highest BCUT2D eigenvalue weighted by molar-refractivity contribution is 7.89. The first kappa shape index (κ1) is 15.2. The van der Waals surface area contributed by atoms with Crippen LogP contribution in [0.25, 0.3) is 0 Å². The fraction of sp³-hybridized carbons (Fsp3) is 0.538. The summed E-state index contributed by atoms with van der Waals surface area (Å²) < 4.78 is 38.3. The van der Waals surface area contributed by atoms with Crippen molar-refractivity contribution in [2.24, 2.45) is 0 Å². The fourth-order valence-corrected chi connectivity index (χ4v) is 3.72. The molecular formula is C13H19FN2O3S. The number of hydrogen-bond donors (Lipinski definition) is 1. The van der Waals surface area contributed by atoms with E-state index in [2.05, 4.69) is 0 Å². The van der Waals surface area contributed by atoms with E-state index in [-0.39, 0.29) is 24.6 Å². The third-order valence-corrected chi connectivity index (χ3v) is 5.34. The van der Waals surface area contributed by atoms with E-state index < -0.39 is 10.0 Å². The van der Waals surface area contributed by atoms with Gasteiger partial charge >= 0.3 is 0 Å². The SMILES string of the molecule is O=S(=O)(CCCO)N1CCN(c2ccc(F)cc2)CC1. The number of rotatable bonds is 5. The summed E-state index contributed by atoms with van der Waals surface area (Å²) in [5.74, 6) is -0.293. The maximum absolute atomic E-state index is 12.9. The Labute approximate surface area is 118 Å². The summed E-state index contributed by atoms with van der Waals surface area (Å²) in [7, 11) is -3.27. The molecule has 1 N–H and O–H groups in total. The number of aliphatic hydroxyl groups is 1. The summed E-state index contributed by atoms with van der Waals surface area (Å²) >= 11 is 0. The van der Waals surface area contributed by atoms with Crippen LogP contribution in [0.2, 0.25) is 0 Å². The summed E-state index contributed by atoms with van der Waals surface area (Å²) in [5, 5.41) is 8.72. The third-order valence-electron chi connectivity index (χ3n) is 3.38. The highest BCUT2D eigenvalue weighted by Gasteiger charge is 2.26. The number of aliphatic hydroxyl groups excluding tert-OH is 1. The molecule has 0 aromatic heterocycles. The van der Waals surface area contributed by atoms with Crippen LogP contribution in [0.1, 0.15) is 6.42 Å². The molecule has 1 aromatic rings. The van der Waals surface area contributed by atoms with Crippen LogP contribution >= 0.6 is 0 Å². The van der Waals surface area contributed by atoms with Crippen LogP contribution in [0.3, 0.4) is 0 Å². The molecule has 20 heavy (non-hydrogen) atoms. The zero-order chi connectivity index (χ0) is 14.6. The van der Waals surface area contributed by atoms with Crippen LogP contribution < -0.4 is 4.90 Å². The van der Waals surface area contributed by atoms with Gasteiger partial charge in [-0.25, -0.2) is 12.8 Å². The van der Waals surface area contributed by atoms with Gasteiger partial charge < -0.3 is 10.0 Å². The van der Waals surface area contributed by atoms with Crippen molar-refractivity contribution in [2.45, 2.75) is 6.42 Å². The molecule has 0 saturated carbocycles. The lowest BCUT2D eigenvalue weighted by Gasteiger charge is -2.35. The van der Waals surface area contributed by atoms with Crippen LogP contribution in [0.4, 0.5) is 10.1 Å². The molecule has 5 nitrogen and oxygen atoms in total. The summed E-state index contributed by atoms with van der Waals surface area (Å²) in [6, 6.07) is 6.20. The summed E-state index contributed by atoms with van der Waals surface area (Å²) in [4.78, 5) is 2.04. The number of halogens is 1. The Hall–Kier alpha value is -1.18. The quantitative estimate of drug-likeness (QED) is 0.868. The molecule has 0 unspecified atom stereocenters. The molecule has 2 rings (SSSR count). The van der Waals surface area contributed by atoms with Crippen LogP contribution in [-0.4, -0.2) is 56.4 Å². The minimum atomic E-state index is -3.27. The Balaban J connectivity index is 1.93. The molecule has 1 aromatic carbocycles. The minimum Gasteiger partial charge on any atom is -0.396 e. The fourth-order valence-electron chi connectivity index (χ4n) is 2.25. The zero-order valence-electron chi connectivity index (χ0n) is 11.2. The second-order valence-electron chi connectivity index (χ2n) is 4.76. The van der Waals surface area contributed by atoms with Gasteiger partial charge in [-0.2, -0.15) is 4.31 Å². The lowest BCUT2D eigenvalue weighted by molar-refractivity contribution is 0.293. The topological polar surface area (TPSA) is 60.9 Å². The Morgan fingerprint density at radius 2 is 1.70 bits per heavy atom. The molecule has 1 fully saturated rings. The van der Waals surface area contributed by atoms with Crippen LogP contribution in [-0.2, 0) is 10.0 Å². The highest BCUT2D eigenvalue weighted by Crippen LogP contribution is 2.18. The highest BCUT2D eigenvalue weighted by atomic mass is 32.2. The third kappa shape index (κ3) is 3.68. The van der Waals surface area contributed by atoms with E-state index in [0.29, 0.717) is 26.2 Å². The molecule has 0 spiro atoms. The summed E-state index contributed by atoms with van der Waals surface area (Å²) in [6.45, 7) is 1.90. The lowest BCUT2D eigenvalue weighted by Crippen LogP contribution is -2.49. The molecule has 0 radical (unpaired) electrons. The van der Waals surface area contributed by atoms with E-state index in [0.717, 1.165) is 5.69 Å². The normalized spacial score (nSPS) is 17.4. The standard InChI is InChI=1S/C13H19FN2O3S/c14-12-2-4-13(5-3-12)15-6-8-16(9-7-15)20(18,19)11-1-10-17/h2-5,17H,1,6-11H2. The molecule has 0 amide bonds. The molecule has 1 aliphatic rings. The predicted molar refractivity (Wildman–Crippen MR) is 75.7 cm³/mol. The number of sulfonamides is 1. The molecule has 112 valence electrons. The zero-order valence-corrected chi connectivity index (χ0v) is 12.0. The first-order chi connectivity index (χ1) is 9.53. The van der Waals surface area contributed by atoms with Gasteiger partial charge in [-0.3, -0.25) is 0 Å². The predicted octanol–water partition coefficient (Wildman–Crippen LogP) is 0.660. The van der Waals surface area contributed by atoms with Crippen molar-refractivity contribution in [3.05, 3.63) is 30.1 Å². The van der Waals surface area contributed by atoms with Gasteiger partial charge in [0, 0.05) is 38.5 Å². The second kappa shape index (κ2) is 6.51. The Kier molecular flexibility index (Phi) is 4.95. The Morgan fingerprint density at radius 1 is 1.10 bits per heavy atom. The monoisotopic (exact) mass is 302 g/mol. The Morgan fingerprint density at radius 3 is 2.25 bits per heavy atom. The van der Waals surface area contributed by atoms with Gasteiger partial charge in [0.25, 0.3) is 0 Å². The smallest absolute Gasteiger partial charge is 0.214 e. The maximum atomic E-state index is 12.9. The number of benzene rings is 1. The molecule has 1 saturated heterocycles. The van der Waals surface area contributed by atoms with E-state index >= 15 is 0 Å². The van der Waals surface area contributed by atoms with E-state index in [1.54, 1.807) is 12.1 Å². The molecule has 1 aliphatic heterocycles. The molecule has 1 heterocycles. The summed E-state index contributed by atoms with van der Waals surface area (Å²) in [6.07, 6.45) is 0.264. The lowest BCUT2D eigenvalue weighted by atomic mass is 10.2. The first-order valence-electron chi connectivity index (χ1n) is 6.62. The van der Waals surface area contributed by atoms with Crippen LogP contribution in [0.15, 0.2) is 24.3 Å². The van der Waals surface area contributed by atoms with Crippen molar-refractivity contribution in [1.29, 1.82) is 0 Å². The van der Waals surface area contributed by atoms with Crippen LogP contribution in [0.5, 0.6) is 0 Å². The van der Waals surface area contributed by atoms with Gasteiger partial charge in [-0.15, -0.1) is 0 Å². The van der Waals surface area contributed by atoms with Crippen molar-refractivity contribution in [3.8, 4) is 0 Å². The van der Waals surface area contributed by atoms with Crippen LogP contribution in [0, 0.1) is 5.82 Å². The van der Waals surface area contributed by atoms with Gasteiger partial charge in [0.1, 0.15) is 5.82 Å². The van der Waals surface area contributed by atoms with E-state index in [1.807, 2.05) is 4.90 Å². The van der Waals surface area contributed by atoms with Gasteiger partial charge in [0.05, 0.1) is 5.75 Å².